The molecular weight excluding hydrogens is 642 g/mol. The van der Waals surface area contributed by atoms with Gasteiger partial charge >= 0.3 is 24.3 Å². The van der Waals surface area contributed by atoms with E-state index in [1.54, 1.807) is 35.1 Å². The zero-order valence-corrected chi connectivity index (χ0v) is 28.0. The Balaban J connectivity index is 0.000000260. The number of aryl methyl sites for hydroxylation is 2. The third-order valence-corrected chi connectivity index (χ3v) is 7.45. The minimum absolute atomic E-state index is 0.0258. The number of hydrogen-bond acceptors (Lipinski definition) is 6. The van der Waals surface area contributed by atoms with Gasteiger partial charge in [0.25, 0.3) is 0 Å². The molecule has 0 spiro atoms. The Kier molecular flexibility index (Phi) is 13.1. The van der Waals surface area contributed by atoms with E-state index in [1.165, 1.54) is 24.3 Å². The van der Waals surface area contributed by atoms with Crippen LogP contribution in [0.5, 0.6) is 0 Å². The predicted octanol–water partition coefficient (Wildman–Crippen LogP) is 7.58. The van der Waals surface area contributed by atoms with E-state index in [1.807, 2.05) is 38.0 Å². The highest BCUT2D eigenvalue weighted by atomic mass is 19.4. The Labute approximate surface area is 275 Å². The maximum absolute atomic E-state index is 13.2. The van der Waals surface area contributed by atoms with Crippen molar-refractivity contribution in [2.24, 2.45) is 0 Å². The van der Waals surface area contributed by atoms with Crippen molar-refractivity contribution in [3.05, 3.63) is 71.0 Å². The molecule has 0 saturated heterocycles. The zero-order valence-electron chi connectivity index (χ0n) is 28.0. The lowest BCUT2D eigenvalue weighted by Crippen LogP contribution is -2.17. The van der Waals surface area contributed by atoms with E-state index < -0.39 is 35.4 Å². The molecule has 4 aromatic rings. The molecule has 0 amide bonds. The summed E-state index contributed by atoms with van der Waals surface area (Å²) in [7, 11) is 7.67. The number of benzene rings is 2. The van der Waals surface area contributed by atoms with Crippen LogP contribution in [0.4, 0.5) is 26.3 Å². The van der Waals surface area contributed by atoms with E-state index in [2.05, 4.69) is 0 Å². The van der Waals surface area contributed by atoms with Crippen LogP contribution in [-0.4, -0.2) is 85.4 Å². The second kappa shape index (κ2) is 16.4. The van der Waals surface area contributed by atoms with Crippen LogP contribution in [0.15, 0.2) is 48.5 Å². The smallest absolute Gasteiger partial charge is 0.417 e. The summed E-state index contributed by atoms with van der Waals surface area (Å²) in [6, 6.07) is 10.6. The Morgan fingerprint density at radius 2 is 1.00 bits per heavy atom. The molecular formula is C34H42F6N4O4. The molecule has 0 atom stereocenters. The Morgan fingerprint density at radius 1 is 0.646 bits per heavy atom. The normalized spacial score (nSPS) is 12.1. The molecule has 4 rings (SSSR count). The van der Waals surface area contributed by atoms with Gasteiger partial charge in [-0.3, -0.25) is 0 Å². The van der Waals surface area contributed by atoms with Crippen LogP contribution in [-0.2, 0) is 34.9 Å². The summed E-state index contributed by atoms with van der Waals surface area (Å²) >= 11 is 0. The first-order valence-electron chi connectivity index (χ1n) is 15.5. The van der Waals surface area contributed by atoms with Crippen LogP contribution in [0.1, 0.15) is 58.8 Å². The van der Waals surface area contributed by atoms with Gasteiger partial charge in [0.1, 0.15) is 11.4 Å². The fraction of sp³-hybridized carbons (Fsp3) is 0.471. The molecule has 0 aliphatic carbocycles. The number of ether oxygens (including phenoxy) is 2. The van der Waals surface area contributed by atoms with Gasteiger partial charge in [-0.15, -0.1) is 0 Å². The van der Waals surface area contributed by atoms with Crippen LogP contribution < -0.4 is 0 Å². The van der Waals surface area contributed by atoms with Crippen LogP contribution in [0.3, 0.4) is 0 Å². The highest BCUT2D eigenvalue weighted by molar-refractivity contribution is 5.98. The van der Waals surface area contributed by atoms with Crippen molar-refractivity contribution in [1.82, 2.24) is 18.9 Å². The summed E-state index contributed by atoms with van der Waals surface area (Å²) < 4.78 is 92.6. The second-order valence-corrected chi connectivity index (χ2v) is 11.6. The van der Waals surface area contributed by atoms with Crippen LogP contribution in [0.25, 0.3) is 21.8 Å². The SMILES string of the molecule is CCOC(=O)c1cc2c(C(F)(F)F)cccc2n1CCCN(C)C.CCOC(=O)c1cc2c(C(F)(F)F)cccc2n1CCCN(C)C. The molecule has 0 bridgehead atoms. The molecule has 0 saturated carbocycles. The highest BCUT2D eigenvalue weighted by Gasteiger charge is 2.35. The van der Waals surface area contributed by atoms with Crippen molar-refractivity contribution in [3.8, 4) is 0 Å². The first-order chi connectivity index (χ1) is 22.5. The minimum Gasteiger partial charge on any atom is -0.461 e. The van der Waals surface area contributed by atoms with Gasteiger partial charge < -0.3 is 28.4 Å². The lowest BCUT2D eigenvalue weighted by molar-refractivity contribution is -0.137. The average molecular weight is 685 g/mol. The summed E-state index contributed by atoms with van der Waals surface area (Å²) in [4.78, 5) is 28.3. The van der Waals surface area contributed by atoms with Crippen LogP contribution in [0, 0.1) is 0 Å². The number of alkyl halides is 6. The van der Waals surface area contributed by atoms with Crippen molar-refractivity contribution in [3.63, 3.8) is 0 Å². The van der Waals surface area contributed by atoms with Crippen molar-refractivity contribution in [1.29, 1.82) is 0 Å². The molecule has 0 N–H and O–H groups in total. The molecule has 2 aromatic carbocycles. The first-order valence-corrected chi connectivity index (χ1v) is 15.5. The molecule has 0 radical (unpaired) electrons. The minimum atomic E-state index is -4.47. The maximum Gasteiger partial charge on any atom is 0.417 e. The molecule has 0 aliphatic rings. The number of halogens is 6. The maximum atomic E-state index is 13.2. The van der Waals surface area contributed by atoms with Gasteiger partial charge in [-0.05, 0) is 104 Å². The first kappa shape index (κ1) is 38.4. The number of carbonyl (C=O) groups is 2. The quantitative estimate of drug-likeness (QED) is 0.113. The third kappa shape index (κ3) is 9.53. The number of esters is 2. The van der Waals surface area contributed by atoms with E-state index in [0.29, 0.717) is 37.0 Å². The number of carbonyl (C=O) groups excluding carboxylic acids is 2. The lowest BCUT2D eigenvalue weighted by atomic mass is 10.1. The molecule has 48 heavy (non-hydrogen) atoms. The molecule has 8 nitrogen and oxygen atoms in total. The molecule has 0 fully saturated rings. The van der Waals surface area contributed by atoms with Crippen LogP contribution >= 0.6 is 0 Å². The fourth-order valence-corrected chi connectivity index (χ4v) is 5.38. The molecule has 2 heterocycles. The standard InChI is InChI=1S/2C17H21F3N2O2/c2*1-4-24-16(23)15-11-12-13(17(18,19)20)7-5-8-14(12)22(15)10-6-9-21(2)3/h2*5,7-8,11H,4,6,9-10H2,1-3H3. The van der Waals surface area contributed by atoms with Gasteiger partial charge in [-0.2, -0.15) is 26.3 Å². The van der Waals surface area contributed by atoms with Gasteiger partial charge in [0.2, 0.25) is 0 Å². The Morgan fingerprint density at radius 3 is 1.29 bits per heavy atom. The average Bonchev–Trinajstić information content (AvgIpc) is 3.55. The molecule has 14 heteroatoms. The highest BCUT2D eigenvalue weighted by Crippen LogP contribution is 2.37. The summed E-state index contributed by atoms with van der Waals surface area (Å²) in [6.45, 7) is 6.08. The van der Waals surface area contributed by atoms with Crippen molar-refractivity contribution >= 4 is 33.7 Å². The van der Waals surface area contributed by atoms with Gasteiger partial charge in [-0.1, -0.05) is 12.1 Å². The van der Waals surface area contributed by atoms with E-state index >= 15 is 0 Å². The van der Waals surface area contributed by atoms with E-state index in [0.717, 1.165) is 25.2 Å². The summed E-state index contributed by atoms with van der Waals surface area (Å²) in [6.07, 6.45) is -7.53. The number of fused-ring (bicyclic) bond motifs is 2. The van der Waals surface area contributed by atoms with E-state index in [9.17, 15) is 35.9 Å². The van der Waals surface area contributed by atoms with Crippen LogP contribution in [0.2, 0.25) is 0 Å². The van der Waals surface area contributed by atoms with Crippen molar-refractivity contribution in [2.45, 2.75) is 52.1 Å². The number of nitrogens with zero attached hydrogens (tertiary/aromatic N) is 4. The monoisotopic (exact) mass is 684 g/mol. The Bertz CT molecular complexity index is 1560. The molecule has 0 aliphatic heterocycles. The van der Waals surface area contributed by atoms with Crippen molar-refractivity contribution in [2.75, 3.05) is 54.5 Å². The number of aromatic nitrogens is 2. The van der Waals surface area contributed by atoms with E-state index in [-0.39, 0.29) is 35.4 Å². The van der Waals surface area contributed by atoms with Gasteiger partial charge in [0.15, 0.2) is 0 Å². The van der Waals surface area contributed by atoms with Gasteiger partial charge in [0.05, 0.1) is 24.3 Å². The predicted molar refractivity (Wildman–Crippen MR) is 172 cm³/mol. The lowest BCUT2D eigenvalue weighted by Gasteiger charge is -2.13. The van der Waals surface area contributed by atoms with Gasteiger partial charge in [-0.25, -0.2) is 9.59 Å². The van der Waals surface area contributed by atoms with E-state index in [4.69, 9.17) is 9.47 Å². The Hall–Kier alpha value is -4.04. The summed E-state index contributed by atoms with van der Waals surface area (Å²) in [5, 5.41) is 0.0517. The molecule has 264 valence electrons. The zero-order chi connectivity index (χ0) is 35.8. The topological polar surface area (TPSA) is 68.9 Å². The third-order valence-electron chi connectivity index (χ3n) is 7.45. The summed E-state index contributed by atoms with van der Waals surface area (Å²) in [5.74, 6) is -1.21. The summed E-state index contributed by atoms with van der Waals surface area (Å²) in [5.41, 5.74) is -0.378. The van der Waals surface area contributed by atoms with Gasteiger partial charge in [0, 0.05) is 34.9 Å². The van der Waals surface area contributed by atoms with Crippen molar-refractivity contribution < 1.29 is 45.4 Å². The fourth-order valence-electron chi connectivity index (χ4n) is 5.38. The largest absolute Gasteiger partial charge is 0.461 e. The molecule has 0 unspecified atom stereocenters. The molecule has 2 aromatic heterocycles. The number of hydrogen-bond donors (Lipinski definition) is 0. The number of rotatable bonds is 12. The second-order valence-electron chi connectivity index (χ2n) is 11.6.